The third kappa shape index (κ3) is 4.44. The van der Waals surface area contributed by atoms with Crippen LogP contribution in [0.1, 0.15) is 29.9 Å². The highest BCUT2D eigenvalue weighted by molar-refractivity contribution is 5.92. The Balaban J connectivity index is 1.99. The maximum Gasteiger partial charge on any atom is 0.270 e. The highest BCUT2D eigenvalue weighted by Crippen LogP contribution is 2.12. The van der Waals surface area contributed by atoms with Gasteiger partial charge < -0.3 is 15.4 Å². The first-order valence-electron chi connectivity index (χ1n) is 7.09. The SMILES string of the molecule is COc1ccc(CNc2nccc(C(=O)NC(C)C)n2)cc1. The molecule has 0 aliphatic rings. The van der Waals surface area contributed by atoms with Crippen molar-refractivity contribution in [2.75, 3.05) is 12.4 Å². The molecular weight excluding hydrogens is 280 g/mol. The summed E-state index contributed by atoms with van der Waals surface area (Å²) in [6, 6.07) is 9.37. The quantitative estimate of drug-likeness (QED) is 0.855. The van der Waals surface area contributed by atoms with Crippen LogP contribution in [0.3, 0.4) is 0 Å². The van der Waals surface area contributed by atoms with E-state index in [1.54, 1.807) is 19.4 Å². The minimum Gasteiger partial charge on any atom is -0.497 e. The van der Waals surface area contributed by atoms with Gasteiger partial charge in [0.15, 0.2) is 0 Å². The van der Waals surface area contributed by atoms with Crippen LogP contribution < -0.4 is 15.4 Å². The van der Waals surface area contributed by atoms with E-state index in [1.807, 2.05) is 38.1 Å². The standard InChI is InChI=1S/C16H20N4O2/c1-11(2)19-15(21)14-8-9-17-16(20-14)18-10-12-4-6-13(22-3)7-5-12/h4-9,11H,10H2,1-3H3,(H,19,21)(H,17,18,20). The van der Waals surface area contributed by atoms with Crippen molar-refractivity contribution in [3.05, 3.63) is 47.8 Å². The van der Waals surface area contributed by atoms with Gasteiger partial charge >= 0.3 is 0 Å². The molecule has 0 aliphatic heterocycles. The van der Waals surface area contributed by atoms with Crippen LogP contribution in [0, 0.1) is 0 Å². The van der Waals surface area contributed by atoms with Crippen LogP contribution in [0.25, 0.3) is 0 Å². The van der Waals surface area contributed by atoms with Gasteiger partial charge in [0.25, 0.3) is 5.91 Å². The van der Waals surface area contributed by atoms with Gasteiger partial charge in [-0.1, -0.05) is 12.1 Å². The first-order valence-corrected chi connectivity index (χ1v) is 7.09. The normalized spacial score (nSPS) is 10.4. The van der Waals surface area contributed by atoms with Gasteiger partial charge in [-0.25, -0.2) is 9.97 Å². The number of rotatable bonds is 6. The molecule has 0 atom stereocenters. The van der Waals surface area contributed by atoms with E-state index < -0.39 is 0 Å². The summed E-state index contributed by atoms with van der Waals surface area (Å²) in [5, 5.41) is 5.91. The van der Waals surface area contributed by atoms with Gasteiger partial charge in [0.2, 0.25) is 5.95 Å². The van der Waals surface area contributed by atoms with E-state index in [-0.39, 0.29) is 11.9 Å². The third-order valence-corrected chi connectivity index (χ3v) is 2.92. The molecule has 6 heteroatoms. The molecule has 1 amide bonds. The fourth-order valence-corrected chi connectivity index (χ4v) is 1.83. The molecule has 0 unspecified atom stereocenters. The number of aromatic nitrogens is 2. The predicted octanol–water partition coefficient (Wildman–Crippen LogP) is 2.24. The fourth-order valence-electron chi connectivity index (χ4n) is 1.83. The average molecular weight is 300 g/mol. The number of ether oxygens (including phenoxy) is 1. The number of nitrogens with zero attached hydrogens (tertiary/aromatic N) is 2. The third-order valence-electron chi connectivity index (χ3n) is 2.92. The monoisotopic (exact) mass is 300 g/mol. The van der Waals surface area contributed by atoms with Crippen molar-refractivity contribution in [1.29, 1.82) is 0 Å². The number of benzene rings is 1. The molecule has 1 aromatic carbocycles. The summed E-state index contributed by atoms with van der Waals surface area (Å²) in [4.78, 5) is 20.2. The topological polar surface area (TPSA) is 76.1 Å². The van der Waals surface area contributed by atoms with Crippen molar-refractivity contribution in [1.82, 2.24) is 15.3 Å². The molecule has 1 aromatic heterocycles. The Morgan fingerprint density at radius 3 is 2.59 bits per heavy atom. The molecule has 0 radical (unpaired) electrons. The minimum atomic E-state index is -0.204. The van der Waals surface area contributed by atoms with Crippen molar-refractivity contribution in [2.24, 2.45) is 0 Å². The molecule has 116 valence electrons. The lowest BCUT2D eigenvalue weighted by Crippen LogP contribution is -2.30. The number of hydrogen-bond donors (Lipinski definition) is 2. The van der Waals surface area contributed by atoms with E-state index in [0.29, 0.717) is 18.2 Å². The fraction of sp³-hybridized carbons (Fsp3) is 0.312. The van der Waals surface area contributed by atoms with Crippen LogP contribution in [0.15, 0.2) is 36.5 Å². The molecule has 0 spiro atoms. The summed E-state index contributed by atoms with van der Waals surface area (Å²) in [5.74, 6) is 1.03. The largest absolute Gasteiger partial charge is 0.497 e. The maximum atomic E-state index is 11.9. The molecule has 22 heavy (non-hydrogen) atoms. The lowest BCUT2D eigenvalue weighted by Gasteiger charge is -2.09. The van der Waals surface area contributed by atoms with E-state index in [4.69, 9.17) is 4.74 Å². The molecule has 0 aliphatic carbocycles. The zero-order valence-electron chi connectivity index (χ0n) is 13.0. The first-order chi connectivity index (χ1) is 10.6. The Morgan fingerprint density at radius 1 is 1.23 bits per heavy atom. The Kier molecular flexibility index (Phi) is 5.30. The molecular formula is C16H20N4O2. The van der Waals surface area contributed by atoms with Crippen molar-refractivity contribution in [3.63, 3.8) is 0 Å². The molecule has 2 N–H and O–H groups in total. The zero-order valence-corrected chi connectivity index (χ0v) is 13.0. The lowest BCUT2D eigenvalue weighted by atomic mass is 10.2. The second-order valence-corrected chi connectivity index (χ2v) is 5.10. The van der Waals surface area contributed by atoms with E-state index >= 15 is 0 Å². The molecule has 0 fully saturated rings. The molecule has 6 nitrogen and oxygen atoms in total. The van der Waals surface area contributed by atoms with Crippen LogP contribution in [0.4, 0.5) is 5.95 Å². The summed E-state index contributed by atoms with van der Waals surface area (Å²) < 4.78 is 5.12. The minimum absolute atomic E-state index is 0.0678. The number of carbonyl (C=O) groups excluding carboxylic acids is 1. The van der Waals surface area contributed by atoms with Crippen LogP contribution in [-0.2, 0) is 6.54 Å². The van der Waals surface area contributed by atoms with Crippen LogP contribution >= 0.6 is 0 Å². The van der Waals surface area contributed by atoms with Crippen molar-refractivity contribution < 1.29 is 9.53 Å². The van der Waals surface area contributed by atoms with Crippen LogP contribution in [0.2, 0.25) is 0 Å². The molecule has 2 rings (SSSR count). The van der Waals surface area contributed by atoms with Gasteiger partial charge in [0.05, 0.1) is 7.11 Å². The van der Waals surface area contributed by atoms with Gasteiger partial charge in [-0.05, 0) is 37.6 Å². The lowest BCUT2D eigenvalue weighted by molar-refractivity contribution is 0.0938. The second kappa shape index (κ2) is 7.40. The summed E-state index contributed by atoms with van der Waals surface area (Å²) in [7, 11) is 1.63. The Bertz CT molecular complexity index is 626. The Hall–Kier alpha value is -2.63. The summed E-state index contributed by atoms with van der Waals surface area (Å²) in [6.45, 7) is 4.38. The molecule has 0 bridgehead atoms. The van der Waals surface area contributed by atoms with Crippen molar-refractivity contribution >= 4 is 11.9 Å². The van der Waals surface area contributed by atoms with Gasteiger partial charge in [0.1, 0.15) is 11.4 Å². The number of anilines is 1. The van der Waals surface area contributed by atoms with Gasteiger partial charge in [-0.3, -0.25) is 4.79 Å². The summed E-state index contributed by atoms with van der Waals surface area (Å²) >= 11 is 0. The molecule has 0 saturated heterocycles. The molecule has 2 aromatic rings. The van der Waals surface area contributed by atoms with Crippen molar-refractivity contribution in [2.45, 2.75) is 26.4 Å². The van der Waals surface area contributed by atoms with E-state index in [1.165, 1.54) is 0 Å². The zero-order chi connectivity index (χ0) is 15.9. The number of nitrogens with one attached hydrogen (secondary N) is 2. The number of methoxy groups -OCH3 is 1. The highest BCUT2D eigenvalue weighted by atomic mass is 16.5. The van der Waals surface area contributed by atoms with E-state index in [2.05, 4.69) is 20.6 Å². The van der Waals surface area contributed by atoms with E-state index in [0.717, 1.165) is 11.3 Å². The molecule has 1 heterocycles. The van der Waals surface area contributed by atoms with Crippen LogP contribution in [0.5, 0.6) is 5.75 Å². The van der Waals surface area contributed by atoms with Gasteiger partial charge in [0, 0.05) is 18.8 Å². The Labute approximate surface area is 129 Å². The smallest absolute Gasteiger partial charge is 0.270 e. The predicted molar refractivity (Wildman–Crippen MR) is 85.0 cm³/mol. The summed E-state index contributed by atoms with van der Waals surface area (Å²) in [5.41, 5.74) is 1.42. The number of carbonyl (C=O) groups is 1. The van der Waals surface area contributed by atoms with Gasteiger partial charge in [-0.15, -0.1) is 0 Å². The van der Waals surface area contributed by atoms with Crippen molar-refractivity contribution in [3.8, 4) is 5.75 Å². The van der Waals surface area contributed by atoms with E-state index in [9.17, 15) is 4.79 Å². The number of hydrogen-bond acceptors (Lipinski definition) is 5. The summed E-state index contributed by atoms with van der Waals surface area (Å²) in [6.07, 6.45) is 1.57. The highest BCUT2D eigenvalue weighted by Gasteiger charge is 2.09. The number of amides is 1. The average Bonchev–Trinajstić information content (AvgIpc) is 2.53. The van der Waals surface area contributed by atoms with Crippen LogP contribution in [-0.4, -0.2) is 29.0 Å². The second-order valence-electron chi connectivity index (χ2n) is 5.10. The Morgan fingerprint density at radius 2 is 1.95 bits per heavy atom. The first kappa shape index (κ1) is 15.8. The van der Waals surface area contributed by atoms with Gasteiger partial charge in [-0.2, -0.15) is 0 Å². The molecule has 0 saturated carbocycles. The maximum absolute atomic E-state index is 11.9.